The number of epoxide rings is 1. The third-order valence-electron chi connectivity index (χ3n) is 5.08. The summed E-state index contributed by atoms with van der Waals surface area (Å²) in [6.45, 7) is 18.8. The van der Waals surface area contributed by atoms with E-state index in [4.69, 9.17) is 9.16 Å². The molecule has 20 heavy (non-hydrogen) atoms. The van der Waals surface area contributed by atoms with Crippen LogP contribution in [0.4, 0.5) is 0 Å². The molecule has 120 valence electrons. The number of hydrogen-bond donors (Lipinski definition) is 1. The molecule has 0 radical (unpaired) electrons. The van der Waals surface area contributed by atoms with E-state index in [1.807, 2.05) is 6.92 Å². The van der Waals surface area contributed by atoms with Crippen molar-refractivity contribution in [1.29, 1.82) is 0 Å². The quantitative estimate of drug-likeness (QED) is 0.574. The Morgan fingerprint density at radius 1 is 1.30 bits per heavy atom. The fourth-order valence-electron chi connectivity index (χ4n) is 2.49. The van der Waals surface area contributed by atoms with Gasteiger partial charge < -0.3 is 14.3 Å². The lowest BCUT2D eigenvalue weighted by Gasteiger charge is -2.37. The normalized spacial score (nSPS) is 30.1. The summed E-state index contributed by atoms with van der Waals surface area (Å²) in [5.74, 6) is 1.01. The predicted octanol–water partition coefficient (Wildman–Crippen LogP) is 3.82. The van der Waals surface area contributed by atoms with Crippen LogP contribution in [-0.2, 0) is 9.16 Å². The monoisotopic (exact) mass is 302 g/mol. The summed E-state index contributed by atoms with van der Waals surface area (Å²) in [5, 5.41) is 9.55. The fraction of sp³-hybridized carbons (Fsp3) is 1.00. The van der Waals surface area contributed by atoms with Crippen LogP contribution in [0.15, 0.2) is 0 Å². The lowest BCUT2D eigenvalue weighted by Crippen LogP contribution is -2.41. The second-order valence-corrected chi connectivity index (χ2v) is 13.2. The minimum Gasteiger partial charge on any atom is -0.417 e. The molecule has 1 fully saturated rings. The van der Waals surface area contributed by atoms with Gasteiger partial charge in [-0.2, -0.15) is 0 Å². The van der Waals surface area contributed by atoms with Crippen molar-refractivity contribution in [2.45, 2.75) is 77.8 Å². The van der Waals surface area contributed by atoms with E-state index in [-0.39, 0.29) is 23.4 Å². The molecule has 1 aliphatic heterocycles. The summed E-state index contributed by atoms with van der Waals surface area (Å²) in [5.41, 5.74) is -0.292. The first-order valence-electron chi connectivity index (χ1n) is 7.85. The van der Waals surface area contributed by atoms with Gasteiger partial charge in [-0.1, -0.05) is 34.6 Å². The summed E-state index contributed by atoms with van der Waals surface area (Å²) in [7, 11) is -1.64. The van der Waals surface area contributed by atoms with Gasteiger partial charge in [0.05, 0.1) is 12.7 Å². The summed E-state index contributed by atoms with van der Waals surface area (Å²) >= 11 is 0. The average molecular weight is 303 g/mol. The Morgan fingerprint density at radius 3 is 2.25 bits per heavy atom. The van der Waals surface area contributed by atoms with Crippen LogP contribution in [0.5, 0.6) is 0 Å². The Hall–Kier alpha value is 0.0969. The van der Waals surface area contributed by atoms with Crippen LogP contribution in [0.25, 0.3) is 0 Å². The molecule has 0 bridgehead atoms. The van der Waals surface area contributed by atoms with Crippen molar-refractivity contribution >= 4 is 8.32 Å². The molecule has 1 heterocycles. The minimum absolute atomic E-state index is 0.122. The van der Waals surface area contributed by atoms with Gasteiger partial charge in [-0.3, -0.25) is 0 Å². The van der Waals surface area contributed by atoms with Crippen LogP contribution in [0, 0.1) is 11.8 Å². The molecule has 0 aromatic heterocycles. The van der Waals surface area contributed by atoms with Crippen molar-refractivity contribution < 1.29 is 14.3 Å². The molecule has 1 N–H and O–H groups in total. The zero-order valence-corrected chi connectivity index (χ0v) is 15.6. The lowest BCUT2D eigenvalue weighted by molar-refractivity contribution is 0.182. The van der Waals surface area contributed by atoms with Gasteiger partial charge in [-0.15, -0.1) is 0 Å². The summed E-state index contributed by atoms with van der Waals surface area (Å²) in [4.78, 5) is 0. The van der Waals surface area contributed by atoms with Gasteiger partial charge in [0.2, 0.25) is 0 Å². The van der Waals surface area contributed by atoms with E-state index in [0.717, 1.165) is 13.0 Å². The highest BCUT2D eigenvalue weighted by Crippen LogP contribution is 2.43. The van der Waals surface area contributed by atoms with Gasteiger partial charge in [-0.25, -0.2) is 0 Å². The number of rotatable bonds is 7. The molecule has 4 heteroatoms. The van der Waals surface area contributed by atoms with Gasteiger partial charge in [0, 0.05) is 6.61 Å². The van der Waals surface area contributed by atoms with Crippen LogP contribution in [0.2, 0.25) is 18.1 Å². The van der Waals surface area contributed by atoms with E-state index in [0.29, 0.717) is 11.8 Å². The van der Waals surface area contributed by atoms with E-state index in [2.05, 4.69) is 47.7 Å². The van der Waals surface area contributed by atoms with Gasteiger partial charge in [-0.05, 0) is 43.3 Å². The second-order valence-electron chi connectivity index (χ2n) is 8.40. The number of aliphatic hydroxyl groups excluding tert-OH is 1. The molecule has 1 rings (SSSR count). The standard InChI is InChI=1S/C16H34O3Si/c1-12(10-18-20(7,8)15(3,4)5)9-13(2)14-16(6,11-17)19-14/h12-14,17H,9-11H2,1-8H3/t12-,13+,14+,16+/m1/s1. The highest BCUT2D eigenvalue weighted by Gasteiger charge is 2.54. The van der Waals surface area contributed by atoms with Crippen molar-refractivity contribution in [3.05, 3.63) is 0 Å². The van der Waals surface area contributed by atoms with Crippen molar-refractivity contribution in [1.82, 2.24) is 0 Å². The van der Waals surface area contributed by atoms with Crippen LogP contribution in [0.1, 0.15) is 48.0 Å². The molecule has 4 atom stereocenters. The highest BCUT2D eigenvalue weighted by atomic mass is 28.4. The molecule has 0 aromatic rings. The zero-order valence-electron chi connectivity index (χ0n) is 14.6. The second kappa shape index (κ2) is 6.07. The third kappa shape index (κ3) is 4.29. The average Bonchev–Trinajstić information content (AvgIpc) is 2.99. The first-order chi connectivity index (χ1) is 8.93. The number of aliphatic hydroxyl groups is 1. The van der Waals surface area contributed by atoms with Crippen LogP contribution in [0.3, 0.4) is 0 Å². The molecule has 1 saturated heterocycles. The molecular formula is C16H34O3Si. The molecule has 0 amide bonds. The van der Waals surface area contributed by atoms with Crippen molar-refractivity contribution in [2.75, 3.05) is 13.2 Å². The molecule has 3 nitrogen and oxygen atoms in total. The first kappa shape index (κ1) is 18.1. The molecule has 0 spiro atoms. The summed E-state index contributed by atoms with van der Waals surface area (Å²) in [6.07, 6.45) is 1.30. The summed E-state index contributed by atoms with van der Waals surface area (Å²) < 4.78 is 11.9. The van der Waals surface area contributed by atoms with E-state index in [1.165, 1.54) is 0 Å². The van der Waals surface area contributed by atoms with Crippen LogP contribution < -0.4 is 0 Å². The molecule has 0 aromatic carbocycles. The summed E-state index contributed by atoms with van der Waals surface area (Å²) in [6, 6.07) is 0. The van der Waals surface area contributed by atoms with Crippen LogP contribution >= 0.6 is 0 Å². The smallest absolute Gasteiger partial charge is 0.191 e. The first-order valence-corrected chi connectivity index (χ1v) is 10.8. The van der Waals surface area contributed by atoms with Crippen LogP contribution in [-0.4, -0.2) is 38.3 Å². The highest BCUT2D eigenvalue weighted by molar-refractivity contribution is 6.74. The molecule has 1 aliphatic rings. The van der Waals surface area contributed by atoms with Crippen molar-refractivity contribution in [2.24, 2.45) is 11.8 Å². The maximum absolute atomic E-state index is 9.27. The topological polar surface area (TPSA) is 42.0 Å². The number of hydrogen-bond acceptors (Lipinski definition) is 3. The Balaban J connectivity index is 2.36. The molecular weight excluding hydrogens is 268 g/mol. The van der Waals surface area contributed by atoms with E-state index in [1.54, 1.807) is 0 Å². The third-order valence-corrected chi connectivity index (χ3v) is 9.58. The van der Waals surface area contributed by atoms with E-state index in [9.17, 15) is 5.11 Å². The Kier molecular flexibility index (Phi) is 5.51. The maximum Gasteiger partial charge on any atom is 0.191 e. The molecule has 0 saturated carbocycles. The Morgan fingerprint density at radius 2 is 1.85 bits per heavy atom. The Labute approximate surface area is 126 Å². The van der Waals surface area contributed by atoms with Crippen molar-refractivity contribution in [3.8, 4) is 0 Å². The molecule has 0 aliphatic carbocycles. The largest absolute Gasteiger partial charge is 0.417 e. The SMILES string of the molecule is C[C@@H](CO[Si](C)(C)C(C)(C)C)C[C@H](C)[C@@H]1O[C@@]1(C)CO. The Bertz CT molecular complexity index is 324. The minimum atomic E-state index is -1.64. The molecule has 0 unspecified atom stereocenters. The zero-order chi connectivity index (χ0) is 15.8. The van der Waals surface area contributed by atoms with E-state index < -0.39 is 8.32 Å². The maximum atomic E-state index is 9.27. The van der Waals surface area contributed by atoms with Gasteiger partial charge in [0.15, 0.2) is 8.32 Å². The van der Waals surface area contributed by atoms with Gasteiger partial charge in [0.25, 0.3) is 0 Å². The van der Waals surface area contributed by atoms with Crippen molar-refractivity contribution in [3.63, 3.8) is 0 Å². The number of ether oxygens (including phenoxy) is 1. The fourth-order valence-corrected chi connectivity index (χ4v) is 3.63. The van der Waals surface area contributed by atoms with Gasteiger partial charge in [0.1, 0.15) is 5.60 Å². The van der Waals surface area contributed by atoms with Gasteiger partial charge >= 0.3 is 0 Å². The lowest BCUT2D eigenvalue weighted by atomic mass is 9.90. The van der Waals surface area contributed by atoms with E-state index >= 15 is 0 Å². The predicted molar refractivity (Wildman–Crippen MR) is 86.5 cm³/mol.